The molecule has 10 rings (SSSR count). The summed E-state index contributed by atoms with van der Waals surface area (Å²) in [4.78, 5) is 0. The summed E-state index contributed by atoms with van der Waals surface area (Å²) in [6.07, 6.45) is -4.92. The predicted octanol–water partition coefficient (Wildman–Crippen LogP) is 10.1. The summed E-state index contributed by atoms with van der Waals surface area (Å²) in [5.41, 5.74) is 5.91. The van der Waals surface area contributed by atoms with Crippen molar-refractivity contribution in [1.29, 1.82) is 0 Å². The fourth-order valence-corrected chi connectivity index (χ4v) is 10.4. The van der Waals surface area contributed by atoms with Crippen molar-refractivity contribution >= 4 is 0 Å². The lowest BCUT2D eigenvalue weighted by molar-refractivity contribution is -0.351. The molecule has 372 valence electrons. The van der Waals surface area contributed by atoms with Crippen LogP contribution in [0, 0.1) is 0 Å². The SMILES string of the molecule is O[C@@H]1[C@@H](O[C@@H]2[C@@H](OCc3ccccc3)[C@H](OCc3ccccc3)[C@@H](OCc3ccccc3)[C@H]3OC4(CCCCC4)O[C@@H]23)O[C@H](COCc2ccccc2)[C@@H](OCc2ccccc2)[C@@H]1OCc1ccccc1. The maximum absolute atomic E-state index is 12.8. The van der Waals surface area contributed by atoms with Crippen LogP contribution in [-0.4, -0.2) is 84.8 Å². The highest BCUT2D eigenvalue weighted by molar-refractivity contribution is 5.19. The fourth-order valence-electron chi connectivity index (χ4n) is 10.4. The van der Waals surface area contributed by atoms with Gasteiger partial charge in [-0.15, -0.1) is 0 Å². The van der Waals surface area contributed by atoms with Gasteiger partial charge < -0.3 is 52.5 Å². The van der Waals surface area contributed by atoms with Crippen molar-refractivity contribution in [2.45, 2.75) is 145 Å². The molecule has 1 spiro atoms. The number of ether oxygens (including phenoxy) is 10. The first-order valence-electron chi connectivity index (χ1n) is 25.3. The minimum Gasteiger partial charge on any atom is -0.385 e. The molecule has 11 nitrogen and oxygen atoms in total. The van der Waals surface area contributed by atoms with Gasteiger partial charge in [-0.25, -0.2) is 0 Å². The Labute approximate surface area is 417 Å². The minimum atomic E-state index is -1.33. The molecule has 2 aliphatic heterocycles. The number of aliphatic hydroxyl groups excluding tert-OH is 1. The third-order valence-electron chi connectivity index (χ3n) is 14.0. The molecule has 11 atom stereocenters. The van der Waals surface area contributed by atoms with Crippen molar-refractivity contribution in [3.8, 4) is 0 Å². The number of aliphatic hydroxyl groups is 1. The molecule has 2 saturated heterocycles. The van der Waals surface area contributed by atoms with Gasteiger partial charge in [0.2, 0.25) is 0 Å². The van der Waals surface area contributed by atoms with Crippen LogP contribution >= 0.6 is 0 Å². The third kappa shape index (κ3) is 12.7. The van der Waals surface area contributed by atoms with Crippen LogP contribution in [0.1, 0.15) is 65.5 Å². The van der Waals surface area contributed by atoms with Gasteiger partial charge in [0.05, 0.1) is 46.2 Å². The second kappa shape index (κ2) is 24.5. The summed E-state index contributed by atoms with van der Waals surface area (Å²) in [7, 11) is 0. The van der Waals surface area contributed by atoms with E-state index in [4.69, 9.17) is 47.4 Å². The zero-order valence-electron chi connectivity index (χ0n) is 40.2. The van der Waals surface area contributed by atoms with Gasteiger partial charge in [0, 0.05) is 12.8 Å². The summed E-state index contributed by atoms with van der Waals surface area (Å²) in [6, 6.07) is 60.2. The highest BCUT2D eigenvalue weighted by atomic mass is 16.8. The molecule has 0 bridgehead atoms. The van der Waals surface area contributed by atoms with Gasteiger partial charge in [0.25, 0.3) is 0 Å². The van der Waals surface area contributed by atoms with Gasteiger partial charge in [-0.1, -0.05) is 188 Å². The maximum Gasteiger partial charge on any atom is 0.187 e. The molecule has 0 unspecified atom stereocenters. The zero-order valence-corrected chi connectivity index (χ0v) is 40.2. The van der Waals surface area contributed by atoms with E-state index in [1.54, 1.807) is 0 Å². The molecule has 4 aliphatic rings. The van der Waals surface area contributed by atoms with E-state index >= 15 is 0 Å². The van der Waals surface area contributed by atoms with Gasteiger partial charge in [0.15, 0.2) is 12.1 Å². The van der Waals surface area contributed by atoms with Crippen molar-refractivity contribution in [3.63, 3.8) is 0 Å². The first kappa shape index (κ1) is 49.5. The Morgan fingerprint density at radius 2 is 0.746 bits per heavy atom. The number of rotatable bonds is 21. The van der Waals surface area contributed by atoms with Crippen molar-refractivity contribution in [1.82, 2.24) is 0 Å². The highest BCUT2D eigenvalue weighted by Gasteiger charge is 2.63. The van der Waals surface area contributed by atoms with Crippen LogP contribution in [0.5, 0.6) is 0 Å². The Balaban J connectivity index is 1.02. The average molecular weight is 963 g/mol. The van der Waals surface area contributed by atoms with Crippen LogP contribution in [-0.2, 0) is 87.0 Å². The molecule has 6 aromatic carbocycles. The van der Waals surface area contributed by atoms with Gasteiger partial charge >= 0.3 is 0 Å². The maximum atomic E-state index is 12.8. The minimum absolute atomic E-state index is 0.123. The Kier molecular flexibility index (Phi) is 17.1. The Morgan fingerprint density at radius 1 is 0.394 bits per heavy atom. The molecule has 0 radical (unpaired) electrons. The topological polar surface area (TPSA) is 113 Å². The van der Waals surface area contributed by atoms with E-state index in [0.717, 1.165) is 65.5 Å². The van der Waals surface area contributed by atoms with E-state index < -0.39 is 73.1 Å². The first-order chi connectivity index (χ1) is 35.1. The average Bonchev–Trinajstić information content (AvgIpc) is 3.79. The van der Waals surface area contributed by atoms with Crippen LogP contribution in [0.25, 0.3) is 0 Å². The second-order valence-corrected chi connectivity index (χ2v) is 19.1. The van der Waals surface area contributed by atoms with E-state index in [1.165, 1.54) is 0 Å². The third-order valence-corrected chi connectivity index (χ3v) is 14.0. The van der Waals surface area contributed by atoms with Crippen molar-refractivity contribution in [2.75, 3.05) is 6.61 Å². The number of benzene rings is 6. The summed E-state index contributed by atoms with van der Waals surface area (Å²) in [5.74, 6) is -0.862. The zero-order chi connectivity index (χ0) is 48.1. The second-order valence-electron chi connectivity index (χ2n) is 19.1. The first-order valence-corrected chi connectivity index (χ1v) is 25.3. The van der Waals surface area contributed by atoms with Crippen LogP contribution in [0.3, 0.4) is 0 Å². The lowest BCUT2D eigenvalue weighted by atomic mass is 9.84. The molecule has 0 aromatic heterocycles. The summed E-state index contributed by atoms with van der Waals surface area (Å²) >= 11 is 0. The lowest BCUT2D eigenvalue weighted by Gasteiger charge is -2.49. The van der Waals surface area contributed by atoms with Gasteiger partial charge in [-0.3, -0.25) is 0 Å². The van der Waals surface area contributed by atoms with E-state index in [2.05, 4.69) is 12.1 Å². The molecule has 71 heavy (non-hydrogen) atoms. The smallest absolute Gasteiger partial charge is 0.187 e. The summed E-state index contributed by atoms with van der Waals surface area (Å²) < 4.78 is 70.0. The molecule has 0 amide bonds. The molecule has 2 aliphatic carbocycles. The lowest BCUT2D eigenvalue weighted by Crippen LogP contribution is -2.68. The fraction of sp³-hybridized carbons (Fsp3) is 0.400. The molecule has 2 saturated carbocycles. The quantitative estimate of drug-likeness (QED) is 0.0744. The monoisotopic (exact) mass is 962 g/mol. The van der Waals surface area contributed by atoms with E-state index in [9.17, 15) is 5.11 Å². The van der Waals surface area contributed by atoms with Crippen LogP contribution in [0.2, 0.25) is 0 Å². The molecule has 11 heteroatoms. The van der Waals surface area contributed by atoms with Crippen LogP contribution < -0.4 is 0 Å². The molecular formula is C60H66O11. The van der Waals surface area contributed by atoms with Crippen molar-refractivity contribution in [2.24, 2.45) is 0 Å². The van der Waals surface area contributed by atoms with Crippen LogP contribution in [0.4, 0.5) is 0 Å². The number of hydrogen-bond donors (Lipinski definition) is 1. The van der Waals surface area contributed by atoms with E-state index in [0.29, 0.717) is 13.2 Å². The standard InChI is InChI=1S/C60H66O11/c61-50-52(64-38-45-26-12-3-13-27-45)51(63-37-44-24-10-2-11-25-44)49(42-62-36-43-22-8-1-9-23-43)68-59(50)69-56-54(66-40-47-30-16-5-17-31-47)53(65-39-46-28-14-4-15-29-46)55(67-41-48-32-18-6-19-33-48)57-58(56)71-60(70-57)34-20-7-21-35-60/h1-6,8-19,22-33,49-59,61H,7,20-21,34-42H2/t49-,50+,51-,52-,53+,54+,55-,56-,57-,58+,59-/m1/s1. The molecule has 4 fully saturated rings. The van der Waals surface area contributed by atoms with Crippen LogP contribution in [0.15, 0.2) is 182 Å². The number of fused-ring (bicyclic) bond motifs is 1. The van der Waals surface area contributed by atoms with Gasteiger partial charge in [-0.05, 0) is 46.2 Å². The largest absolute Gasteiger partial charge is 0.385 e. The Morgan fingerprint density at radius 3 is 1.18 bits per heavy atom. The summed E-state index contributed by atoms with van der Waals surface area (Å²) in [6.45, 7) is 1.77. The highest BCUT2D eigenvalue weighted by Crippen LogP contribution is 2.48. The summed E-state index contributed by atoms with van der Waals surface area (Å²) in [5, 5.41) is 12.8. The predicted molar refractivity (Wildman–Crippen MR) is 266 cm³/mol. The van der Waals surface area contributed by atoms with Crippen molar-refractivity contribution in [3.05, 3.63) is 215 Å². The molecule has 1 N–H and O–H groups in total. The van der Waals surface area contributed by atoms with E-state index in [1.807, 2.05) is 170 Å². The van der Waals surface area contributed by atoms with Gasteiger partial charge in [0.1, 0.15) is 61.0 Å². The normalized spacial score (nSPS) is 28.1. The Hall–Kier alpha value is -5.12. The Bertz CT molecular complexity index is 2450. The number of hydrogen-bond acceptors (Lipinski definition) is 11. The van der Waals surface area contributed by atoms with Gasteiger partial charge in [-0.2, -0.15) is 0 Å². The van der Waals surface area contributed by atoms with E-state index in [-0.39, 0.29) is 33.0 Å². The molecular weight excluding hydrogens is 897 g/mol. The molecule has 2 heterocycles. The van der Waals surface area contributed by atoms with Crippen molar-refractivity contribution < 1.29 is 52.5 Å². The molecule has 6 aromatic rings.